The highest BCUT2D eigenvalue weighted by atomic mass is 16.5. The average Bonchev–Trinajstić information content (AvgIpc) is 2.36. The van der Waals surface area contributed by atoms with Gasteiger partial charge in [-0.05, 0) is 6.07 Å². The molecule has 0 spiro atoms. The molecule has 6 heteroatoms. The van der Waals surface area contributed by atoms with Crippen LogP contribution in [0.5, 0.6) is 0 Å². The van der Waals surface area contributed by atoms with Gasteiger partial charge in [-0.25, -0.2) is 9.59 Å². The first kappa shape index (κ1) is 11.7. The fraction of sp³-hybridized carbons (Fsp3) is 0.200. The van der Waals surface area contributed by atoms with Crippen molar-refractivity contribution in [2.75, 3.05) is 14.2 Å². The van der Waals surface area contributed by atoms with E-state index in [9.17, 15) is 9.59 Å². The van der Waals surface area contributed by atoms with E-state index in [-0.39, 0.29) is 17.1 Å². The first-order chi connectivity index (χ1) is 7.63. The first-order valence-corrected chi connectivity index (χ1v) is 4.19. The smallest absolute Gasteiger partial charge is 0.381 e. The van der Waals surface area contributed by atoms with Crippen molar-refractivity contribution < 1.29 is 19.1 Å². The zero-order chi connectivity index (χ0) is 12.1. The molecule has 1 aromatic rings. The Kier molecular flexibility index (Phi) is 3.56. The summed E-state index contributed by atoms with van der Waals surface area (Å²) in [5.41, 5.74) is -0.246. The summed E-state index contributed by atoms with van der Waals surface area (Å²) in [4.78, 5) is 29.4. The second-order valence-electron chi connectivity index (χ2n) is 2.66. The topological polar surface area (TPSA) is 69.9 Å². The number of ether oxygens (including phenoxy) is 2. The van der Waals surface area contributed by atoms with Crippen molar-refractivity contribution in [3.63, 3.8) is 0 Å². The molecular formula is C10H8N2O4. The summed E-state index contributed by atoms with van der Waals surface area (Å²) in [7, 11) is 2.35. The molecule has 0 saturated heterocycles. The van der Waals surface area contributed by atoms with Gasteiger partial charge in [0.25, 0.3) is 11.5 Å². The Balaban J connectivity index is 3.34. The van der Waals surface area contributed by atoms with Gasteiger partial charge in [-0.2, -0.15) is 0 Å². The van der Waals surface area contributed by atoms with E-state index in [1.807, 2.05) is 0 Å². The molecule has 0 atom stereocenters. The van der Waals surface area contributed by atoms with E-state index in [0.29, 0.717) is 0 Å². The molecule has 6 nitrogen and oxygen atoms in total. The highest BCUT2D eigenvalue weighted by molar-refractivity contribution is 6.02. The van der Waals surface area contributed by atoms with Gasteiger partial charge in [-0.15, -0.1) is 4.98 Å². The molecule has 0 radical (unpaired) electrons. The van der Waals surface area contributed by atoms with Crippen LogP contribution >= 0.6 is 0 Å². The molecule has 0 aliphatic carbocycles. The fourth-order valence-electron chi connectivity index (χ4n) is 1.04. The number of aromatic nitrogens is 1. The van der Waals surface area contributed by atoms with Crippen molar-refractivity contribution in [2.45, 2.75) is 0 Å². The summed E-state index contributed by atoms with van der Waals surface area (Å²) in [5, 5.41) is 0. The van der Waals surface area contributed by atoms with Crippen LogP contribution < -0.4 is 0 Å². The highest BCUT2D eigenvalue weighted by Crippen LogP contribution is 2.15. The molecule has 1 rings (SSSR count). The molecular weight excluding hydrogens is 212 g/mol. The standard InChI is InChI=1S/C10H8N2O4/c1-11-7-5-4-6(9(13)15-2)8(12-7)10(14)16-3/h4-5H,2-3H3. The van der Waals surface area contributed by atoms with Crippen LogP contribution in [0.15, 0.2) is 12.1 Å². The molecule has 16 heavy (non-hydrogen) atoms. The Hall–Kier alpha value is -2.42. The lowest BCUT2D eigenvalue weighted by atomic mass is 10.2. The molecule has 1 aromatic heterocycles. The van der Waals surface area contributed by atoms with Crippen LogP contribution in [0.4, 0.5) is 5.82 Å². The van der Waals surface area contributed by atoms with Crippen LogP contribution in [-0.4, -0.2) is 31.1 Å². The summed E-state index contributed by atoms with van der Waals surface area (Å²) in [6.45, 7) is 6.76. The van der Waals surface area contributed by atoms with Gasteiger partial charge in [0.05, 0.1) is 14.2 Å². The lowest BCUT2D eigenvalue weighted by Gasteiger charge is -2.02. The number of carbonyl (C=O) groups excluding carboxylic acids is 2. The summed E-state index contributed by atoms with van der Waals surface area (Å²) in [6.07, 6.45) is 0. The maximum Gasteiger partial charge on any atom is 0.381 e. The Morgan fingerprint density at radius 3 is 2.38 bits per heavy atom. The Morgan fingerprint density at radius 1 is 1.25 bits per heavy atom. The number of nitrogens with zero attached hydrogens (tertiary/aromatic N) is 2. The first-order valence-electron chi connectivity index (χ1n) is 4.19. The van der Waals surface area contributed by atoms with Crippen molar-refractivity contribution in [1.29, 1.82) is 0 Å². The number of hydrogen-bond acceptors (Lipinski definition) is 5. The second-order valence-corrected chi connectivity index (χ2v) is 2.66. The van der Waals surface area contributed by atoms with Crippen LogP contribution in [-0.2, 0) is 9.47 Å². The zero-order valence-corrected chi connectivity index (χ0v) is 8.68. The largest absolute Gasteiger partial charge is 0.465 e. The predicted octanol–water partition coefficient (Wildman–Crippen LogP) is 1.21. The molecule has 0 aromatic carbocycles. The van der Waals surface area contributed by atoms with Gasteiger partial charge in [0.1, 0.15) is 5.56 Å². The quantitative estimate of drug-likeness (QED) is 0.553. The third-order valence-corrected chi connectivity index (χ3v) is 1.78. The summed E-state index contributed by atoms with van der Waals surface area (Å²) in [6, 6.07) is 2.63. The fourth-order valence-corrected chi connectivity index (χ4v) is 1.04. The van der Waals surface area contributed by atoms with E-state index in [0.717, 1.165) is 7.11 Å². The molecule has 0 fully saturated rings. The van der Waals surface area contributed by atoms with Crippen molar-refractivity contribution in [3.8, 4) is 0 Å². The highest BCUT2D eigenvalue weighted by Gasteiger charge is 2.24. The molecule has 0 aliphatic heterocycles. The van der Waals surface area contributed by atoms with Gasteiger partial charge in [0.2, 0.25) is 0 Å². The maximum atomic E-state index is 11.3. The van der Waals surface area contributed by atoms with Gasteiger partial charge < -0.3 is 14.3 Å². The maximum absolute atomic E-state index is 11.3. The number of hydrogen-bond donors (Lipinski definition) is 0. The summed E-state index contributed by atoms with van der Waals surface area (Å²) < 4.78 is 8.94. The minimum Gasteiger partial charge on any atom is -0.465 e. The normalized spacial score (nSPS) is 9.06. The number of pyridine rings is 1. The van der Waals surface area contributed by atoms with E-state index in [1.165, 1.54) is 19.2 Å². The molecule has 0 N–H and O–H groups in total. The SMILES string of the molecule is [C-]#[N+]c1ccc(C(=O)OC)c(C(=O)OC)n1. The van der Waals surface area contributed by atoms with Gasteiger partial charge in [0, 0.05) is 0 Å². The molecule has 82 valence electrons. The predicted molar refractivity (Wildman–Crippen MR) is 53.2 cm³/mol. The van der Waals surface area contributed by atoms with Crippen LogP contribution in [0.2, 0.25) is 0 Å². The summed E-state index contributed by atoms with van der Waals surface area (Å²) >= 11 is 0. The Morgan fingerprint density at radius 2 is 1.88 bits per heavy atom. The zero-order valence-electron chi connectivity index (χ0n) is 8.68. The van der Waals surface area contributed by atoms with Crippen LogP contribution in [0.3, 0.4) is 0 Å². The van der Waals surface area contributed by atoms with Crippen LogP contribution in [0.1, 0.15) is 20.8 Å². The molecule has 1 heterocycles. The molecule has 0 amide bonds. The second kappa shape index (κ2) is 4.89. The molecule has 0 saturated carbocycles. The number of esters is 2. The molecule has 0 unspecified atom stereocenters. The molecule has 0 bridgehead atoms. The van der Waals surface area contributed by atoms with Crippen molar-refractivity contribution in [1.82, 2.24) is 4.98 Å². The van der Waals surface area contributed by atoms with E-state index < -0.39 is 11.9 Å². The lowest BCUT2D eigenvalue weighted by Crippen LogP contribution is -2.13. The molecule has 0 aliphatic rings. The van der Waals surface area contributed by atoms with Crippen molar-refractivity contribution in [3.05, 3.63) is 34.8 Å². The van der Waals surface area contributed by atoms with Crippen LogP contribution in [0, 0.1) is 6.57 Å². The van der Waals surface area contributed by atoms with E-state index in [1.54, 1.807) is 0 Å². The third-order valence-electron chi connectivity index (χ3n) is 1.78. The van der Waals surface area contributed by atoms with Crippen molar-refractivity contribution >= 4 is 17.8 Å². The van der Waals surface area contributed by atoms with Crippen molar-refractivity contribution in [2.24, 2.45) is 0 Å². The minimum atomic E-state index is -0.786. The van der Waals surface area contributed by atoms with Gasteiger partial charge in [-0.3, -0.25) is 0 Å². The van der Waals surface area contributed by atoms with Gasteiger partial charge in [-0.1, -0.05) is 12.6 Å². The summed E-state index contributed by atoms with van der Waals surface area (Å²) in [5.74, 6) is -1.48. The van der Waals surface area contributed by atoms with E-state index in [2.05, 4.69) is 19.3 Å². The Labute approximate surface area is 91.6 Å². The minimum absolute atomic E-state index is 0.00746. The Bertz CT molecular complexity index is 476. The van der Waals surface area contributed by atoms with E-state index in [4.69, 9.17) is 6.57 Å². The number of carbonyl (C=O) groups is 2. The van der Waals surface area contributed by atoms with Gasteiger partial charge >= 0.3 is 11.9 Å². The average molecular weight is 220 g/mol. The number of methoxy groups -OCH3 is 2. The monoisotopic (exact) mass is 220 g/mol. The van der Waals surface area contributed by atoms with Crippen LogP contribution in [0.25, 0.3) is 4.85 Å². The number of rotatable bonds is 2. The lowest BCUT2D eigenvalue weighted by molar-refractivity contribution is 0.0550. The third kappa shape index (κ3) is 2.15. The van der Waals surface area contributed by atoms with Gasteiger partial charge in [0.15, 0.2) is 0 Å². The van der Waals surface area contributed by atoms with E-state index >= 15 is 0 Å².